The second-order valence-electron chi connectivity index (χ2n) is 15.6. The minimum Gasteiger partial charge on any atom is -0.484 e. The van der Waals surface area contributed by atoms with Gasteiger partial charge in [0.05, 0.1) is 30.5 Å². The van der Waals surface area contributed by atoms with Gasteiger partial charge in [-0.05, 0) is 74.8 Å². The molecule has 0 bridgehead atoms. The molecule has 1 aliphatic carbocycles. The number of rotatable bonds is 18. The molecule has 4 N–H and O–H groups in total. The summed E-state index contributed by atoms with van der Waals surface area (Å²) in [4.78, 5) is 58.7. The van der Waals surface area contributed by atoms with Crippen molar-refractivity contribution in [3.8, 4) is 5.75 Å². The van der Waals surface area contributed by atoms with Crippen LogP contribution in [0.4, 0.5) is 9.18 Å². The second-order valence-corrected chi connectivity index (χ2v) is 17.5. The summed E-state index contributed by atoms with van der Waals surface area (Å²) in [7, 11) is -3.59. The minimum atomic E-state index is -3.59. The number of furan rings is 1. The fourth-order valence-electron chi connectivity index (χ4n) is 7.72. The van der Waals surface area contributed by atoms with Crippen LogP contribution in [-0.2, 0) is 33.9 Å². The number of nitrogens with one attached hydrogen (secondary N) is 2. The van der Waals surface area contributed by atoms with Crippen molar-refractivity contribution in [1.82, 2.24) is 19.9 Å². The molecule has 316 valence electrons. The Morgan fingerprint density at radius 1 is 1.07 bits per heavy atom. The number of amides is 4. The fourth-order valence-corrected chi connectivity index (χ4v) is 9.05. The number of likely N-dealkylation sites (tertiary alicyclic amines) is 1. The van der Waals surface area contributed by atoms with Gasteiger partial charge in [-0.3, -0.25) is 19.1 Å². The molecule has 4 heterocycles. The summed E-state index contributed by atoms with van der Waals surface area (Å²) in [6.07, 6.45) is 7.33. The van der Waals surface area contributed by atoms with Crippen LogP contribution in [0.5, 0.6) is 5.75 Å². The van der Waals surface area contributed by atoms with E-state index >= 15 is 0 Å². The molecule has 7 rings (SSSR count). The number of hydrogen-bond acceptors (Lipinski definition) is 11. The number of fused-ring (bicyclic) bond motifs is 4. The maximum Gasteiger partial charge on any atom is 0.408 e. The normalized spacial score (nSPS) is 20.6. The molecule has 59 heavy (non-hydrogen) atoms. The van der Waals surface area contributed by atoms with E-state index in [4.69, 9.17) is 29.3 Å². The summed E-state index contributed by atoms with van der Waals surface area (Å²) in [5.74, 6) is -2.16. The molecule has 2 aromatic carbocycles. The van der Waals surface area contributed by atoms with Crippen LogP contribution in [0, 0.1) is 11.7 Å². The number of nitrogens with zero attached hydrogens (tertiary/aromatic N) is 2. The number of unbranched alkanes of at least 4 members (excludes halogenated alkanes) is 3. The van der Waals surface area contributed by atoms with E-state index in [-0.39, 0.29) is 44.1 Å². The summed E-state index contributed by atoms with van der Waals surface area (Å²) in [6.45, 7) is 2.60. The van der Waals surface area contributed by atoms with E-state index in [0.717, 1.165) is 11.8 Å². The first-order chi connectivity index (χ1) is 28.4. The minimum absolute atomic E-state index is 0.0432. The highest BCUT2D eigenvalue weighted by atomic mass is 32.2. The van der Waals surface area contributed by atoms with Crippen LogP contribution in [-0.4, -0.2) is 91.4 Å². The Morgan fingerprint density at radius 3 is 2.63 bits per heavy atom. The molecule has 4 aromatic rings. The molecule has 5 atom stereocenters. The third-order valence-corrected chi connectivity index (χ3v) is 12.9. The first-order valence-corrected chi connectivity index (χ1v) is 21.9. The maximum atomic E-state index is 14.6. The highest BCUT2D eigenvalue weighted by molar-refractivity contribution is 7.90. The van der Waals surface area contributed by atoms with Crippen LogP contribution in [0.2, 0.25) is 0 Å². The van der Waals surface area contributed by atoms with Gasteiger partial charge in [-0.2, -0.15) is 0 Å². The Balaban J connectivity index is 1.01. The van der Waals surface area contributed by atoms with E-state index in [9.17, 15) is 32.0 Å². The zero-order chi connectivity index (χ0) is 41.7. The molecule has 0 spiro atoms. The molecule has 17 heteroatoms. The van der Waals surface area contributed by atoms with Gasteiger partial charge in [0.25, 0.3) is 0 Å². The summed E-state index contributed by atoms with van der Waals surface area (Å²) in [5, 5.41) is 3.36. The van der Waals surface area contributed by atoms with Crippen molar-refractivity contribution in [2.45, 2.75) is 107 Å². The van der Waals surface area contributed by atoms with Gasteiger partial charge >= 0.3 is 6.09 Å². The number of sulfonamides is 1. The number of halogens is 1. The Hall–Kier alpha value is -5.29. The smallest absolute Gasteiger partial charge is 0.408 e. The summed E-state index contributed by atoms with van der Waals surface area (Å²) < 4.78 is 64.6. The van der Waals surface area contributed by atoms with Gasteiger partial charge < -0.3 is 34.6 Å². The van der Waals surface area contributed by atoms with Gasteiger partial charge in [0, 0.05) is 30.0 Å². The summed E-state index contributed by atoms with van der Waals surface area (Å²) >= 11 is 0. The third-order valence-electron chi connectivity index (χ3n) is 11.1. The number of alkyl carbamates (subject to hydrolysis) is 1. The van der Waals surface area contributed by atoms with E-state index in [1.165, 1.54) is 17.0 Å². The molecule has 0 radical (unpaired) electrons. The SMILES string of the molecule is CC[C@@H](/C=C\CCCCC[C@H](NC(=O)OC1CCOC1)C(=O)N1C[C@H](Oc2c3cc(F)ccc3nc3c2oc2ccccc23)C[C@H]1C(N)=O)CC(=O)NS(=O)(=O)C1CC1. The topological polar surface area (TPSA) is 209 Å². The average molecular weight is 836 g/mol. The van der Waals surface area contributed by atoms with Crippen molar-refractivity contribution in [2.75, 3.05) is 19.8 Å². The number of carbonyl (C=O) groups is 4. The molecule has 4 amide bonds. The number of nitrogens with two attached hydrogens (primary N) is 1. The highest BCUT2D eigenvalue weighted by Gasteiger charge is 2.43. The van der Waals surface area contributed by atoms with Crippen molar-refractivity contribution in [2.24, 2.45) is 11.7 Å². The zero-order valence-electron chi connectivity index (χ0n) is 32.9. The Morgan fingerprint density at radius 2 is 1.88 bits per heavy atom. The highest BCUT2D eigenvalue weighted by Crippen LogP contribution is 2.40. The van der Waals surface area contributed by atoms with E-state index in [1.807, 2.05) is 37.3 Å². The Bertz CT molecular complexity index is 2340. The number of hydrogen-bond donors (Lipinski definition) is 3. The molecule has 15 nitrogen and oxygen atoms in total. The Kier molecular flexibility index (Phi) is 13.0. The van der Waals surface area contributed by atoms with E-state index < -0.39 is 69.2 Å². The van der Waals surface area contributed by atoms with E-state index in [0.29, 0.717) is 79.1 Å². The van der Waals surface area contributed by atoms with E-state index in [2.05, 4.69) is 10.0 Å². The lowest BCUT2D eigenvalue weighted by Crippen LogP contribution is -2.53. The largest absolute Gasteiger partial charge is 0.484 e. The number of primary amides is 1. The van der Waals surface area contributed by atoms with Crippen LogP contribution >= 0.6 is 0 Å². The number of ether oxygens (including phenoxy) is 3. The number of allylic oxidation sites excluding steroid dienone is 2. The standard InChI is InChI=1S/C42H50FN5O10S/c1-2-25(20-36(49)47-59(53,54)29-15-16-29)10-6-4-3-5-7-12-33(46-42(52)57-27-18-19-55-24-27)41(51)48-23-28(22-34(48)40(44)50)56-38-31-21-26(43)14-17-32(31)45-37-30-11-8-9-13-35(30)58-39(37)38/h6,8-11,13-14,17,21,25,27-29,33-34H,2-5,7,12,15-16,18-20,22-24H2,1H3,(H2,44,50)(H,46,52)(H,47,49)/b10-6-/t25-,27?,28+,33-,34-/m0/s1. The van der Waals surface area contributed by atoms with Crippen LogP contribution in [0.25, 0.3) is 33.0 Å². The molecule has 1 unspecified atom stereocenters. The first kappa shape index (κ1) is 41.9. The average Bonchev–Trinajstić information content (AvgIpc) is 3.62. The van der Waals surface area contributed by atoms with Gasteiger partial charge in [0.1, 0.15) is 41.2 Å². The van der Waals surface area contributed by atoms with Gasteiger partial charge in [-0.25, -0.2) is 22.6 Å². The van der Waals surface area contributed by atoms with Crippen molar-refractivity contribution in [1.29, 1.82) is 0 Å². The molecule has 1 saturated carbocycles. The maximum absolute atomic E-state index is 14.6. The van der Waals surface area contributed by atoms with Crippen molar-refractivity contribution >= 4 is 66.8 Å². The lowest BCUT2D eigenvalue weighted by molar-refractivity contribution is -0.139. The molecule has 3 fully saturated rings. The number of pyridine rings is 1. The van der Waals surface area contributed by atoms with Crippen LogP contribution in [0.1, 0.15) is 77.6 Å². The predicted molar refractivity (Wildman–Crippen MR) is 216 cm³/mol. The Labute approximate surface area is 341 Å². The number of aromatic nitrogens is 1. The second kappa shape index (κ2) is 18.3. The molecular weight excluding hydrogens is 786 g/mol. The molecule has 2 aromatic heterocycles. The fraction of sp³-hybridized carbons (Fsp3) is 0.500. The van der Waals surface area contributed by atoms with Crippen LogP contribution in [0.15, 0.2) is 59.0 Å². The van der Waals surface area contributed by atoms with Crippen LogP contribution < -0.4 is 20.5 Å². The van der Waals surface area contributed by atoms with Crippen molar-refractivity contribution in [3.05, 3.63) is 60.4 Å². The molecular formula is C42H50FN5O10S. The lowest BCUT2D eigenvalue weighted by Gasteiger charge is -2.28. The number of benzene rings is 2. The zero-order valence-corrected chi connectivity index (χ0v) is 33.7. The predicted octanol–water partition coefficient (Wildman–Crippen LogP) is 5.52. The molecule has 2 aliphatic heterocycles. The van der Waals surface area contributed by atoms with E-state index in [1.54, 1.807) is 12.1 Å². The third kappa shape index (κ3) is 10.1. The van der Waals surface area contributed by atoms with Gasteiger partial charge in [-0.1, -0.05) is 44.1 Å². The molecule has 2 saturated heterocycles. The van der Waals surface area contributed by atoms with Gasteiger partial charge in [0.15, 0.2) is 11.3 Å². The monoisotopic (exact) mass is 835 g/mol. The summed E-state index contributed by atoms with van der Waals surface area (Å²) in [6, 6.07) is 9.38. The number of para-hydroxylation sites is 1. The van der Waals surface area contributed by atoms with Gasteiger partial charge in [0.2, 0.25) is 27.7 Å². The van der Waals surface area contributed by atoms with Crippen LogP contribution in [0.3, 0.4) is 0 Å². The molecule has 3 aliphatic rings. The lowest BCUT2D eigenvalue weighted by atomic mass is 10.0. The van der Waals surface area contributed by atoms with Crippen molar-refractivity contribution in [3.63, 3.8) is 0 Å². The number of carbonyl (C=O) groups excluding carboxylic acids is 4. The van der Waals surface area contributed by atoms with Crippen molar-refractivity contribution < 1.29 is 50.6 Å². The first-order valence-electron chi connectivity index (χ1n) is 20.3. The van der Waals surface area contributed by atoms with Gasteiger partial charge in [-0.15, -0.1) is 0 Å². The quantitative estimate of drug-likeness (QED) is 0.0839. The summed E-state index contributed by atoms with van der Waals surface area (Å²) in [5.41, 5.74) is 7.71.